The van der Waals surface area contributed by atoms with Crippen LogP contribution in [0.4, 0.5) is 5.69 Å². The Bertz CT molecular complexity index is 996. The number of nitrogens with zero attached hydrogens (tertiary/aromatic N) is 1. The van der Waals surface area contributed by atoms with Crippen LogP contribution in [0.15, 0.2) is 53.8 Å². The van der Waals surface area contributed by atoms with Crippen molar-refractivity contribution in [3.63, 3.8) is 0 Å². The molecule has 1 atom stereocenters. The third-order valence-electron chi connectivity index (χ3n) is 4.95. The third kappa shape index (κ3) is 4.01. The Balaban J connectivity index is 2.18. The number of carbonyl (C=O) groups is 2. The maximum Gasteiger partial charge on any atom is 0.294 e. The summed E-state index contributed by atoms with van der Waals surface area (Å²) in [6.45, 7) is 5.71. The molecule has 2 aromatic carbocycles. The minimum Gasteiger partial charge on any atom is -0.503 e. The van der Waals surface area contributed by atoms with Crippen molar-refractivity contribution < 1.29 is 19.4 Å². The van der Waals surface area contributed by atoms with Crippen molar-refractivity contribution in [3.8, 4) is 5.75 Å². The molecular weight excluding hydrogens is 390 g/mol. The quantitative estimate of drug-likeness (QED) is 0.709. The van der Waals surface area contributed by atoms with Crippen LogP contribution in [0.2, 0.25) is 5.02 Å². The fourth-order valence-electron chi connectivity index (χ4n) is 3.50. The molecule has 5 nitrogen and oxygen atoms in total. The molecule has 0 fully saturated rings. The molecule has 0 aromatic heterocycles. The first-order valence-electron chi connectivity index (χ1n) is 9.44. The van der Waals surface area contributed by atoms with E-state index in [0.29, 0.717) is 22.0 Å². The van der Waals surface area contributed by atoms with Crippen LogP contribution in [0.5, 0.6) is 5.75 Å². The van der Waals surface area contributed by atoms with Gasteiger partial charge in [-0.25, -0.2) is 0 Å². The summed E-state index contributed by atoms with van der Waals surface area (Å²) in [6, 6.07) is 11.6. The Morgan fingerprint density at radius 2 is 1.97 bits per heavy atom. The summed E-state index contributed by atoms with van der Waals surface area (Å²) in [6.07, 6.45) is 0.232. The van der Waals surface area contributed by atoms with E-state index in [1.165, 1.54) is 4.90 Å². The summed E-state index contributed by atoms with van der Waals surface area (Å²) in [5.41, 5.74) is 2.16. The molecule has 0 bridgehead atoms. The Morgan fingerprint density at radius 3 is 2.59 bits per heavy atom. The lowest BCUT2D eigenvalue weighted by Gasteiger charge is -2.27. The second-order valence-electron chi connectivity index (χ2n) is 7.57. The molecule has 1 unspecified atom stereocenters. The fourth-order valence-corrected chi connectivity index (χ4v) is 3.67. The molecule has 2 aromatic rings. The summed E-state index contributed by atoms with van der Waals surface area (Å²) in [4.78, 5) is 27.4. The van der Waals surface area contributed by atoms with Gasteiger partial charge in [-0.1, -0.05) is 43.6 Å². The van der Waals surface area contributed by atoms with Crippen LogP contribution in [0.3, 0.4) is 0 Å². The van der Waals surface area contributed by atoms with Gasteiger partial charge >= 0.3 is 0 Å². The number of anilines is 1. The Hall–Kier alpha value is -2.79. The zero-order valence-corrected chi connectivity index (χ0v) is 17.7. The summed E-state index contributed by atoms with van der Waals surface area (Å²) >= 11 is 6.28. The number of methoxy groups -OCH3 is 1. The van der Waals surface area contributed by atoms with Gasteiger partial charge in [-0.15, -0.1) is 0 Å². The van der Waals surface area contributed by atoms with Crippen molar-refractivity contribution in [2.24, 2.45) is 5.92 Å². The van der Waals surface area contributed by atoms with Crippen molar-refractivity contribution in [3.05, 3.63) is 69.9 Å². The van der Waals surface area contributed by atoms with E-state index < -0.39 is 17.7 Å². The molecule has 1 aliphatic heterocycles. The van der Waals surface area contributed by atoms with Gasteiger partial charge in [0.2, 0.25) is 0 Å². The molecule has 0 spiro atoms. The van der Waals surface area contributed by atoms with E-state index in [9.17, 15) is 14.7 Å². The SMILES string of the molecule is COc1cccc(C2C(C(=O)CC(C)C)=C(O)C(=O)N2c2ccc(C)c(Cl)c2)c1. The Morgan fingerprint density at radius 1 is 1.24 bits per heavy atom. The zero-order valence-electron chi connectivity index (χ0n) is 16.9. The second kappa shape index (κ2) is 8.29. The molecule has 0 saturated heterocycles. The number of Topliss-reactive ketones (excluding diaryl/α,β-unsaturated/α-hetero) is 1. The first-order valence-corrected chi connectivity index (χ1v) is 9.82. The molecule has 1 heterocycles. The van der Waals surface area contributed by atoms with Gasteiger partial charge < -0.3 is 9.84 Å². The van der Waals surface area contributed by atoms with Gasteiger partial charge in [0.25, 0.3) is 5.91 Å². The summed E-state index contributed by atoms with van der Waals surface area (Å²) in [5.74, 6) is -0.699. The average molecular weight is 414 g/mol. The van der Waals surface area contributed by atoms with Gasteiger partial charge in [-0.2, -0.15) is 0 Å². The van der Waals surface area contributed by atoms with Crippen LogP contribution >= 0.6 is 11.6 Å². The van der Waals surface area contributed by atoms with Crippen molar-refractivity contribution in [2.45, 2.75) is 33.2 Å². The van der Waals surface area contributed by atoms with E-state index in [-0.39, 0.29) is 23.7 Å². The van der Waals surface area contributed by atoms with Crippen LogP contribution in [0, 0.1) is 12.8 Å². The second-order valence-corrected chi connectivity index (χ2v) is 7.98. The smallest absolute Gasteiger partial charge is 0.294 e. The zero-order chi connectivity index (χ0) is 21.3. The van der Waals surface area contributed by atoms with Crippen molar-refractivity contribution >= 4 is 29.0 Å². The first-order chi connectivity index (χ1) is 13.7. The number of hydrogen-bond acceptors (Lipinski definition) is 4. The molecule has 6 heteroatoms. The van der Waals surface area contributed by atoms with Gasteiger partial charge in [-0.3, -0.25) is 14.5 Å². The molecule has 0 radical (unpaired) electrons. The highest BCUT2D eigenvalue weighted by atomic mass is 35.5. The molecule has 1 amide bonds. The summed E-state index contributed by atoms with van der Waals surface area (Å²) in [7, 11) is 1.55. The number of amides is 1. The van der Waals surface area contributed by atoms with Gasteiger partial charge in [0, 0.05) is 17.1 Å². The Labute approximate surface area is 175 Å². The predicted molar refractivity (Wildman–Crippen MR) is 114 cm³/mol. The maximum absolute atomic E-state index is 13.0. The number of benzene rings is 2. The number of halogens is 1. The minimum atomic E-state index is -0.761. The monoisotopic (exact) mass is 413 g/mol. The molecule has 1 N–H and O–H groups in total. The molecule has 152 valence electrons. The number of aryl methyl sites for hydroxylation is 1. The number of ketones is 1. The summed E-state index contributed by atoms with van der Waals surface area (Å²) in [5, 5.41) is 11.2. The number of aliphatic hydroxyl groups is 1. The van der Waals surface area contributed by atoms with Crippen LogP contribution in [-0.2, 0) is 9.59 Å². The molecule has 0 aliphatic carbocycles. The van der Waals surface area contributed by atoms with Crippen LogP contribution in [0.25, 0.3) is 0 Å². The Kier molecular flexibility index (Phi) is 5.99. The van der Waals surface area contributed by atoms with Crippen LogP contribution in [0.1, 0.15) is 37.4 Å². The average Bonchev–Trinajstić information content (AvgIpc) is 2.95. The molecule has 3 rings (SSSR count). The molecule has 29 heavy (non-hydrogen) atoms. The van der Waals surface area contributed by atoms with Crippen molar-refractivity contribution in [1.29, 1.82) is 0 Å². The third-order valence-corrected chi connectivity index (χ3v) is 5.35. The van der Waals surface area contributed by atoms with Gasteiger partial charge in [0.15, 0.2) is 11.5 Å². The van der Waals surface area contributed by atoms with Gasteiger partial charge in [0.1, 0.15) is 5.75 Å². The summed E-state index contributed by atoms with van der Waals surface area (Å²) < 4.78 is 5.32. The highest BCUT2D eigenvalue weighted by Gasteiger charge is 2.44. The predicted octanol–water partition coefficient (Wildman–Crippen LogP) is 5.17. The van der Waals surface area contributed by atoms with Gasteiger partial charge in [0.05, 0.1) is 18.7 Å². The van der Waals surface area contributed by atoms with Gasteiger partial charge in [-0.05, 0) is 48.2 Å². The van der Waals surface area contributed by atoms with Crippen LogP contribution in [-0.4, -0.2) is 23.9 Å². The maximum atomic E-state index is 13.0. The number of ether oxygens (including phenoxy) is 1. The van der Waals surface area contributed by atoms with E-state index in [1.807, 2.05) is 26.8 Å². The lowest BCUT2D eigenvalue weighted by atomic mass is 9.92. The topological polar surface area (TPSA) is 66.8 Å². The van der Waals surface area contributed by atoms with Crippen molar-refractivity contribution in [2.75, 3.05) is 12.0 Å². The lowest BCUT2D eigenvalue weighted by molar-refractivity contribution is -0.118. The van der Waals surface area contributed by atoms with E-state index >= 15 is 0 Å². The number of aliphatic hydroxyl groups excluding tert-OH is 1. The lowest BCUT2D eigenvalue weighted by Crippen LogP contribution is -2.31. The number of rotatable bonds is 6. The fraction of sp³-hybridized carbons (Fsp3) is 0.304. The van der Waals surface area contributed by atoms with E-state index in [4.69, 9.17) is 16.3 Å². The largest absolute Gasteiger partial charge is 0.503 e. The standard InChI is InChI=1S/C23H24ClNO4/c1-13(2)10-19(26)20-21(15-6-5-7-17(11-15)29-4)25(23(28)22(20)27)16-9-8-14(3)18(24)12-16/h5-9,11-13,21,27H,10H2,1-4H3. The molecular formula is C23H24ClNO4. The molecule has 0 saturated carbocycles. The minimum absolute atomic E-state index is 0.0896. The highest BCUT2D eigenvalue weighted by Crippen LogP contribution is 2.43. The van der Waals surface area contributed by atoms with E-state index in [0.717, 1.165) is 5.56 Å². The van der Waals surface area contributed by atoms with Crippen molar-refractivity contribution in [1.82, 2.24) is 0 Å². The normalized spacial score (nSPS) is 16.7. The van der Waals surface area contributed by atoms with E-state index in [2.05, 4.69) is 0 Å². The first kappa shape index (κ1) is 20.9. The molecule has 1 aliphatic rings. The highest BCUT2D eigenvalue weighted by molar-refractivity contribution is 6.31. The number of carbonyl (C=O) groups excluding carboxylic acids is 2. The van der Waals surface area contributed by atoms with Crippen LogP contribution < -0.4 is 9.64 Å². The number of hydrogen-bond donors (Lipinski definition) is 1. The van der Waals surface area contributed by atoms with E-state index in [1.54, 1.807) is 43.5 Å².